The second kappa shape index (κ2) is 6.62. The molecule has 1 aromatic carbocycles. The van der Waals surface area contributed by atoms with E-state index < -0.39 is 9.84 Å². The van der Waals surface area contributed by atoms with Crippen molar-refractivity contribution in [1.29, 1.82) is 0 Å². The molecule has 2 aromatic rings. The smallest absolute Gasteiger partial charge is 0.319 e. The third kappa shape index (κ3) is 3.75. The first kappa shape index (κ1) is 16.7. The summed E-state index contributed by atoms with van der Waals surface area (Å²) >= 11 is 1.12. The predicted octanol–water partition coefficient (Wildman–Crippen LogP) is 3.01. The molecule has 1 heterocycles. The van der Waals surface area contributed by atoms with Crippen molar-refractivity contribution < 1.29 is 13.2 Å². The van der Waals surface area contributed by atoms with Gasteiger partial charge in [-0.15, -0.1) is 11.3 Å². The Morgan fingerprint density at radius 2 is 2.09 bits per heavy atom. The standard InChI is InChI=1S/C14H19N3O3S2/c1-4-9(3)15-13(18)16-10-6-7-11-12(8-10)21-14(17-11)22(19,20)5-2/h6-9H,4-5H2,1-3H3,(H2,15,16,18)/t9-/m1/s1. The van der Waals surface area contributed by atoms with Gasteiger partial charge >= 0.3 is 6.03 Å². The first-order valence-electron chi connectivity index (χ1n) is 7.06. The predicted molar refractivity (Wildman–Crippen MR) is 89.3 cm³/mol. The minimum atomic E-state index is -3.31. The van der Waals surface area contributed by atoms with Gasteiger partial charge in [-0.25, -0.2) is 18.2 Å². The van der Waals surface area contributed by atoms with E-state index >= 15 is 0 Å². The van der Waals surface area contributed by atoms with E-state index in [1.807, 2.05) is 13.8 Å². The number of nitrogens with one attached hydrogen (secondary N) is 2. The summed E-state index contributed by atoms with van der Waals surface area (Å²) < 4.78 is 24.6. The molecular weight excluding hydrogens is 322 g/mol. The highest BCUT2D eigenvalue weighted by atomic mass is 32.2. The number of rotatable bonds is 5. The van der Waals surface area contributed by atoms with Crippen LogP contribution in [0.4, 0.5) is 10.5 Å². The van der Waals surface area contributed by atoms with Gasteiger partial charge in [0.15, 0.2) is 0 Å². The van der Waals surface area contributed by atoms with Crippen LogP contribution in [0.25, 0.3) is 10.2 Å². The normalized spacial score (nSPS) is 13.0. The fourth-order valence-corrected chi connectivity index (χ4v) is 4.08. The lowest BCUT2D eigenvalue weighted by atomic mass is 10.2. The molecule has 0 aliphatic carbocycles. The fourth-order valence-electron chi connectivity index (χ4n) is 1.73. The van der Waals surface area contributed by atoms with Gasteiger partial charge in [-0.3, -0.25) is 0 Å². The second-order valence-electron chi connectivity index (χ2n) is 4.97. The monoisotopic (exact) mass is 341 g/mol. The van der Waals surface area contributed by atoms with Gasteiger partial charge in [0.25, 0.3) is 0 Å². The number of carbonyl (C=O) groups is 1. The van der Waals surface area contributed by atoms with Crippen LogP contribution in [0.3, 0.4) is 0 Å². The molecule has 120 valence electrons. The van der Waals surface area contributed by atoms with Crippen molar-refractivity contribution in [2.24, 2.45) is 0 Å². The summed E-state index contributed by atoms with van der Waals surface area (Å²) in [5.74, 6) is 0.0231. The summed E-state index contributed by atoms with van der Waals surface area (Å²) in [6.07, 6.45) is 0.847. The van der Waals surface area contributed by atoms with E-state index in [1.54, 1.807) is 25.1 Å². The number of aromatic nitrogens is 1. The molecule has 8 heteroatoms. The summed E-state index contributed by atoms with van der Waals surface area (Å²) in [5.41, 5.74) is 1.22. The maximum Gasteiger partial charge on any atom is 0.319 e. The van der Waals surface area contributed by atoms with E-state index in [0.29, 0.717) is 11.2 Å². The largest absolute Gasteiger partial charge is 0.335 e. The highest BCUT2D eigenvalue weighted by Crippen LogP contribution is 2.28. The quantitative estimate of drug-likeness (QED) is 0.875. The molecule has 6 nitrogen and oxygen atoms in total. The third-order valence-corrected chi connectivity index (χ3v) is 6.47. The summed E-state index contributed by atoms with van der Waals surface area (Å²) in [6, 6.07) is 4.96. The Morgan fingerprint density at radius 1 is 1.36 bits per heavy atom. The molecule has 22 heavy (non-hydrogen) atoms. The topological polar surface area (TPSA) is 88.2 Å². The minimum Gasteiger partial charge on any atom is -0.335 e. The van der Waals surface area contributed by atoms with E-state index in [2.05, 4.69) is 15.6 Å². The average Bonchev–Trinajstić information content (AvgIpc) is 2.90. The number of sulfone groups is 1. The Labute approximate surface area is 133 Å². The van der Waals surface area contributed by atoms with Gasteiger partial charge in [-0.1, -0.05) is 13.8 Å². The molecule has 1 aromatic heterocycles. The van der Waals surface area contributed by atoms with Crippen LogP contribution in [0.5, 0.6) is 0 Å². The maximum atomic E-state index is 11.9. The summed E-state index contributed by atoms with van der Waals surface area (Å²) in [5, 5.41) is 5.55. The number of benzene rings is 1. The van der Waals surface area contributed by atoms with Gasteiger partial charge in [0.1, 0.15) is 0 Å². The Kier molecular flexibility index (Phi) is 5.02. The highest BCUT2D eigenvalue weighted by molar-refractivity contribution is 7.93. The molecule has 0 aliphatic heterocycles. The Hall–Kier alpha value is -1.67. The Bertz CT molecular complexity index is 784. The summed E-state index contributed by atoms with van der Waals surface area (Å²) in [6.45, 7) is 5.51. The van der Waals surface area contributed by atoms with Crippen molar-refractivity contribution in [3.8, 4) is 0 Å². The lowest BCUT2D eigenvalue weighted by Crippen LogP contribution is -2.35. The van der Waals surface area contributed by atoms with Gasteiger partial charge in [-0.2, -0.15) is 0 Å². The van der Waals surface area contributed by atoms with Crippen LogP contribution in [0, 0.1) is 0 Å². The molecule has 0 fully saturated rings. The SMILES string of the molecule is CC[C@@H](C)NC(=O)Nc1ccc2nc(S(=O)(=O)CC)sc2c1. The molecule has 0 saturated heterocycles. The molecule has 2 N–H and O–H groups in total. The van der Waals surface area contributed by atoms with Crippen LogP contribution in [0.15, 0.2) is 22.5 Å². The van der Waals surface area contributed by atoms with Crippen molar-refractivity contribution >= 4 is 43.1 Å². The van der Waals surface area contributed by atoms with Gasteiger partial charge in [0.05, 0.1) is 16.0 Å². The molecule has 0 bridgehead atoms. The molecule has 2 amide bonds. The van der Waals surface area contributed by atoms with E-state index in [9.17, 15) is 13.2 Å². The highest BCUT2D eigenvalue weighted by Gasteiger charge is 2.17. The molecule has 0 saturated carbocycles. The van der Waals surface area contributed by atoms with Crippen molar-refractivity contribution in [3.63, 3.8) is 0 Å². The van der Waals surface area contributed by atoms with Crippen molar-refractivity contribution in [1.82, 2.24) is 10.3 Å². The van der Waals surface area contributed by atoms with Gasteiger partial charge in [0, 0.05) is 11.7 Å². The van der Waals surface area contributed by atoms with E-state index in [-0.39, 0.29) is 22.2 Å². The zero-order chi connectivity index (χ0) is 16.3. The number of amides is 2. The van der Waals surface area contributed by atoms with Crippen molar-refractivity contribution in [3.05, 3.63) is 18.2 Å². The molecule has 0 aliphatic rings. The third-order valence-electron chi connectivity index (χ3n) is 3.26. The maximum absolute atomic E-state index is 11.9. The number of anilines is 1. The number of fused-ring (bicyclic) bond motifs is 1. The number of thiazole rings is 1. The van der Waals surface area contributed by atoms with Crippen LogP contribution < -0.4 is 10.6 Å². The summed E-state index contributed by atoms with van der Waals surface area (Å²) in [4.78, 5) is 15.9. The van der Waals surface area contributed by atoms with E-state index in [4.69, 9.17) is 0 Å². The van der Waals surface area contributed by atoms with Crippen LogP contribution in [-0.4, -0.2) is 31.2 Å². The molecule has 1 atom stereocenters. The molecular formula is C14H19N3O3S2. The van der Waals surface area contributed by atoms with E-state index in [1.165, 1.54) is 0 Å². The molecule has 2 rings (SSSR count). The number of carbonyl (C=O) groups excluding carboxylic acids is 1. The van der Waals surface area contributed by atoms with Crippen LogP contribution >= 0.6 is 11.3 Å². The molecule has 0 radical (unpaired) electrons. The molecule has 0 unspecified atom stereocenters. The minimum absolute atomic E-state index is 0.0231. The van der Waals surface area contributed by atoms with Crippen molar-refractivity contribution in [2.45, 2.75) is 37.6 Å². The first-order valence-corrected chi connectivity index (χ1v) is 9.53. The number of nitrogens with zero attached hydrogens (tertiary/aromatic N) is 1. The zero-order valence-electron chi connectivity index (χ0n) is 12.7. The zero-order valence-corrected chi connectivity index (χ0v) is 14.3. The second-order valence-corrected chi connectivity index (χ2v) is 8.46. The van der Waals surface area contributed by atoms with Crippen LogP contribution in [0.1, 0.15) is 27.2 Å². The number of hydrogen-bond donors (Lipinski definition) is 2. The Morgan fingerprint density at radius 3 is 2.73 bits per heavy atom. The van der Waals surface area contributed by atoms with Gasteiger partial charge in [-0.05, 0) is 31.5 Å². The van der Waals surface area contributed by atoms with Gasteiger partial charge < -0.3 is 10.6 Å². The van der Waals surface area contributed by atoms with E-state index in [0.717, 1.165) is 22.5 Å². The first-order chi connectivity index (χ1) is 10.4. The Balaban J connectivity index is 2.22. The lowest BCUT2D eigenvalue weighted by molar-refractivity contribution is 0.249. The van der Waals surface area contributed by atoms with Crippen molar-refractivity contribution in [2.75, 3.05) is 11.1 Å². The average molecular weight is 341 g/mol. The number of hydrogen-bond acceptors (Lipinski definition) is 5. The molecule has 0 spiro atoms. The lowest BCUT2D eigenvalue weighted by Gasteiger charge is -2.12. The van der Waals surface area contributed by atoms with Crippen LogP contribution in [0.2, 0.25) is 0 Å². The summed E-state index contributed by atoms with van der Waals surface area (Å²) in [7, 11) is -3.31. The van der Waals surface area contributed by atoms with Crippen LogP contribution in [-0.2, 0) is 9.84 Å². The fraction of sp³-hybridized carbons (Fsp3) is 0.429. The van der Waals surface area contributed by atoms with Gasteiger partial charge in [0.2, 0.25) is 14.2 Å². The number of urea groups is 1.